The van der Waals surface area contributed by atoms with Gasteiger partial charge in [0.25, 0.3) is 0 Å². The van der Waals surface area contributed by atoms with Crippen molar-refractivity contribution in [2.24, 2.45) is 16.7 Å². The molecule has 3 heteroatoms. The van der Waals surface area contributed by atoms with Gasteiger partial charge in [0, 0.05) is 6.04 Å². The van der Waals surface area contributed by atoms with Crippen molar-refractivity contribution in [2.45, 2.75) is 47.1 Å². The highest BCUT2D eigenvalue weighted by molar-refractivity contribution is 5.14. The smallest absolute Gasteiger partial charge is 0.141 e. The molecular formula is C16H25FN2. The molecule has 106 valence electrons. The van der Waals surface area contributed by atoms with Gasteiger partial charge in [-0.3, -0.25) is 4.98 Å². The summed E-state index contributed by atoms with van der Waals surface area (Å²) < 4.78 is 12.9. The van der Waals surface area contributed by atoms with Crippen molar-refractivity contribution in [1.29, 1.82) is 0 Å². The van der Waals surface area contributed by atoms with Gasteiger partial charge in [-0.25, -0.2) is 4.39 Å². The Hall–Kier alpha value is -0.960. The number of halogens is 1. The monoisotopic (exact) mass is 264 g/mol. The maximum Gasteiger partial charge on any atom is 0.141 e. The Morgan fingerprint density at radius 2 is 1.89 bits per heavy atom. The van der Waals surface area contributed by atoms with Gasteiger partial charge in [-0.2, -0.15) is 0 Å². The van der Waals surface area contributed by atoms with Crippen LogP contribution in [0.2, 0.25) is 0 Å². The van der Waals surface area contributed by atoms with Crippen LogP contribution in [-0.2, 0) is 0 Å². The highest BCUT2D eigenvalue weighted by Gasteiger charge is 2.63. The molecule has 2 nitrogen and oxygen atoms in total. The van der Waals surface area contributed by atoms with Gasteiger partial charge in [-0.1, -0.05) is 34.6 Å². The van der Waals surface area contributed by atoms with Crippen LogP contribution in [0, 0.1) is 22.6 Å². The largest absolute Gasteiger partial charge is 0.308 e. The molecule has 0 spiro atoms. The maximum absolute atomic E-state index is 12.9. The first-order valence-corrected chi connectivity index (χ1v) is 7.15. The summed E-state index contributed by atoms with van der Waals surface area (Å²) in [5.74, 6) is 0.414. The van der Waals surface area contributed by atoms with Gasteiger partial charge in [0.15, 0.2) is 0 Å². The lowest BCUT2D eigenvalue weighted by Gasteiger charge is -2.17. The van der Waals surface area contributed by atoms with Crippen LogP contribution in [0.5, 0.6) is 0 Å². The average Bonchev–Trinajstić information content (AvgIpc) is 2.73. The Bertz CT molecular complexity index is 423. The van der Waals surface area contributed by atoms with Crippen molar-refractivity contribution in [3.05, 3.63) is 29.8 Å². The summed E-state index contributed by atoms with van der Waals surface area (Å²) >= 11 is 0. The van der Waals surface area contributed by atoms with Crippen LogP contribution in [-0.4, -0.2) is 11.5 Å². The molecule has 0 bridgehead atoms. The van der Waals surface area contributed by atoms with Gasteiger partial charge in [-0.15, -0.1) is 0 Å². The van der Waals surface area contributed by atoms with Gasteiger partial charge in [0.05, 0.1) is 11.9 Å². The second kappa shape index (κ2) is 4.86. The third-order valence-corrected chi connectivity index (χ3v) is 5.40. The van der Waals surface area contributed by atoms with E-state index in [2.05, 4.69) is 44.9 Å². The van der Waals surface area contributed by atoms with Crippen molar-refractivity contribution < 1.29 is 4.39 Å². The molecule has 1 unspecified atom stereocenters. The van der Waals surface area contributed by atoms with E-state index >= 15 is 0 Å². The minimum absolute atomic E-state index is 0.216. The third-order valence-electron chi connectivity index (χ3n) is 5.40. The fraction of sp³-hybridized carbons (Fsp3) is 0.688. The topological polar surface area (TPSA) is 24.9 Å². The average molecular weight is 264 g/mol. The normalized spacial score (nSPS) is 22.2. The number of nitrogens with one attached hydrogen (secondary N) is 1. The zero-order valence-corrected chi connectivity index (χ0v) is 12.6. The molecular weight excluding hydrogens is 239 g/mol. The summed E-state index contributed by atoms with van der Waals surface area (Å²) in [4.78, 5) is 4.18. The molecule has 1 aliphatic carbocycles. The molecule has 1 fully saturated rings. The summed E-state index contributed by atoms with van der Waals surface area (Å²) in [6.07, 6.45) is 2.26. The van der Waals surface area contributed by atoms with Crippen molar-refractivity contribution >= 4 is 0 Å². The van der Waals surface area contributed by atoms with Crippen molar-refractivity contribution in [3.63, 3.8) is 0 Å². The molecule has 0 amide bonds. The van der Waals surface area contributed by atoms with Crippen LogP contribution in [0.3, 0.4) is 0 Å². The Kier molecular flexibility index (Phi) is 3.69. The zero-order chi connectivity index (χ0) is 14.3. The molecule has 1 saturated carbocycles. The third kappa shape index (κ3) is 2.53. The lowest BCUT2D eigenvalue weighted by atomic mass is 10.0. The van der Waals surface area contributed by atoms with Crippen LogP contribution < -0.4 is 5.32 Å². The van der Waals surface area contributed by atoms with Crippen molar-refractivity contribution in [1.82, 2.24) is 10.3 Å². The zero-order valence-electron chi connectivity index (χ0n) is 12.6. The minimum Gasteiger partial charge on any atom is -0.308 e. The molecule has 2 rings (SSSR count). The van der Waals surface area contributed by atoms with Gasteiger partial charge < -0.3 is 5.32 Å². The fourth-order valence-electron chi connectivity index (χ4n) is 3.16. The SMILES string of the molecule is CCC(NCC1C(C)(C)C1(C)C)c1ccc(F)cn1. The number of rotatable bonds is 5. The standard InChI is InChI=1S/C16H25FN2/c1-6-12(13-8-7-11(17)9-18-13)19-10-14-15(2,3)16(14,4)5/h7-9,12,14,19H,6,10H2,1-5H3. The second-order valence-corrected chi connectivity index (χ2v) is 6.77. The lowest BCUT2D eigenvalue weighted by molar-refractivity contribution is 0.453. The summed E-state index contributed by atoms with van der Waals surface area (Å²) in [5, 5.41) is 3.59. The molecule has 1 heterocycles. The van der Waals surface area contributed by atoms with Gasteiger partial charge >= 0.3 is 0 Å². The Labute approximate surface area is 115 Å². The van der Waals surface area contributed by atoms with E-state index in [0.717, 1.165) is 18.7 Å². The highest BCUT2D eigenvalue weighted by Crippen LogP contribution is 2.68. The molecule has 1 atom stereocenters. The summed E-state index contributed by atoms with van der Waals surface area (Å²) in [6, 6.07) is 3.48. The number of hydrogen-bond acceptors (Lipinski definition) is 2. The Balaban J connectivity index is 1.96. The predicted molar refractivity (Wildman–Crippen MR) is 76.3 cm³/mol. The van der Waals surface area contributed by atoms with E-state index in [-0.39, 0.29) is 11.9 Å². The quantitative estimate of drug-likeness (QED) is 0.871. The summed E-state index contributed by atoms with van der Waals surface area (Å²) in [7, 11) is 0. The molecule has 1 aromatic heterocycles. The fourth-order valence-corrected chi connectivity index (χ4v) is 3.16. The van der Waals surface area contributed by atoms with Gasteiger partial charge in [-0.05, 0) is 41.8 Å². The van der Waals surface area contributed by atoms with Gasteiger partial charge in [0.1, 0.15) is 5.82 Å². The first-order valence-electron chi connectivity index (χ1n) is 7.15. The minimum atomic E-state index is -0.275. The number of hydrogen-bond donors (Lipinski definition) is 1. The molecule has 0 radical (unpaired) electrons. The van der Waals surface area contributed by atoms with E-state index in [1.165, 1.54) is 12.3 Å². The van der Waals surface area contributed by atoms with E-state index in [0.29, 0.717) is 16.7 Å². The van der Waals surface area contributed by atoms with Crippen LogP contribution >= 0.6 is 0 Å². The van der Waals surface area contributed by atoms with Crippen molar-refractivity contribution in [2.75, 3.05) is 6.54 Å². The molecule has 0 aliphatic heterocycles. The van der Waals surface area contributed by atoms with Crippen molar-refractivity contribution in [3.8, 4) is 0 Å². The molecule has 1 N–H and O–H groups in total. The first-order chi connectivity index (χ1) is 8.80. The van der Waals surface area contributed by atoms with Crippen LogP contribution in [0.4, 0.5) is 4.39 Å². The van der Waals surface area contributed by atoms with Gasteiger partial charge in [0.2, 0.25) is 0 Å². The molecule has 1 aromatic rings. The number of nitrogens with zero attached hydrogens (tertiary/aromatic N) is 1. The van der Waals surface area contributed by atoms with E-state index in [1.54, 1.807) is 6.07 Å². The number of aromatic nitrogens is 1. The van der Waals surface area contributed by atoms with Crippen LogP contribution in [0.25, 0.3) is 0 Å². The van der Waals surface area contributed by atoms with Crippen LogP contribution in [0.15, 0.2) is 18.3 Å². The van der Waals surface area contributed by atoms with Crippen LogP contribution in [0.1, 0.15) is 52.8 Å². The summed E-state index contributed by atoms with van der Waals surface area (Å²) in [6.45, 7) is 12.4. The van der Waals surface area contributed by atoms with E-state index in [4.69, 9.17) is 0 Å². The second-order valence-electron chi connectivity index (χ2n) is 6.77. The molecule has 1 aliphatic rings. The molecule has 0 saturated heterocycles. The summed E-state index contributed by atoms with van der Waals surface area (Å²) in [5.41, 5.74) is 1.73. The maximum atomic E-state index is 12.9. The first kappa shape index (κ1) is 14.4. The molecule has 19 heavy (non-hydrogen) atoms. The van der Waals surface area contributed by atoms with E-state index in [1.807, 2.05) is 0 Å². The molecule has 0 aromatic carbocycles. The Morgan fingerprint density at radius 3 is 2.32 bits per heavy atom. The van der Waals surface area contributed by atoms with E-state index in [9.17, 15) is 4.39 Å². The lowest BCUT2D eigenvalue weighted by Crippen LogP contribution is -2.25. The number of pyridine rings is 1. The predicted octanol–water partition coefficient (Wildman–Crippen LogP) is 3.94. The highest BCUT2D eigenvalue weighted by atomic mass is 19.1. The Morgan fingerprint density at radius 1 is 1.26 bits per heavy atom. The van der Waals surface area contributed by atoms with E-state index < -0.39 is 0 Å².